The van der Waals surface area contributed by atoms with E-state index in [2.05, 4.69) is 21.9 Å². The van der Waals surface area contributed by atoms with Crippen molar-refractivity contribution < 1.29 is 4.74 Å². The van der Waals surface area contributed by atoms with Gasteiger partial charge >= 0.3 is 0 Å². The second-order valence-corrected chi connectivity index (χ2v) is 8.29. The van der Waals surface area contributed by atoms with Crippen molar-refractivity contribution in [2.45, 2.75) is 46.1 Å². The number of benzene rings is 1. The fourth-order valence-corrected chi connectivity index (χ4v) is 4.20. The Kier molecular flexibility index (Phi) is 6.47. The third-order valence-corrected chi connectivity index (χ3v) is 6.01. The van der Waals surface area contributed by atoms with Crippen LogP contribution >= 0.6 is 0 Å². The lowest BCUT2D eigenvalue weighted by Gasteiger charge is -2.20. The molecule has 0 spiro atoms. The van der Waals surface area contributed by atoms with Crippen molar-refractivity contribution in [3.05, 3.63) is 70.3 Å². The van der Waals surface area contributed by atoms with E-state index < -0.39 is 0 Å². The number of ether oxygens (including phenoxy) is 1. The van der Waals surface area contributed by atoms with Gasteiger partial charge in [0.1, 0.15) is 5.75 Å². The van der Waals surface area contributed by atoms with Gasteiger partial charge in [-0.1, -0.05) is 18.2 Å². The summed E-state index contributed by atoms with van der Waals surface area (Å²) in [6.07, 6.45) is 5.32. The van der Waals surface area contributed by atoms with Crippen LogP contribution in [0.25, 0.3) is 16.9 Å². The Morgan fingerprint density at radius 1 is 1.16 bits per heavy atom. The first-order chi connectivity index (χ1) is 15.0. The third-order valence-electron chi connectivity index (χ3n) is 6.01. The normalized spacial score (nSPS) is 16.5. The molecule has 1 unspecified atom stereocenters. The molecule has 1 aromatic carbocycles. The molecule has 0 aliphatic carbocycles. The molecule has 1 fully saturated rings. The summed E-state index contributed by atoms with van der Waals surface area (Å²) >= 11 is 0. The number of aromatic nitrogens is 3. The lowest BCUT2D eigenvalue weighted by Crippen LogP contribution is -2.28. The van der Waals surface area contributed by atoms with Gasteiger partial charge in [-0.3, -0.25) is 4.79 Å². The van der Waals surface area contributed by atoms with Crippen LogP contribution in [0.3, 0.4) is 0 Å². The maximum absolute atomic E-state index is 12.7. The second kappa shape index (κ2) is 9.43. The van der Waals surface area contributed by atoms with Gasteiger partial charge in [-0.25, -0.2) is 4.98 Å². The molecule has 1 aliphatic heterocycles. The quantitative estimate of drug-likeness (QED) is 0.539. The van der Waals surface area contributed by atoms with Crippen molar-refractivity contribution in [2.24, 2.45) is 0 Å². The summed E-state index contributed by atoms with van der Waals surface area (Å²) in [5, 5.41) is 4.51. The number of hydrogen-bond donors (Lipinski definition) is 0. The Bertz CT molecular complexity index is 1090. The van der Waals surface area contributed by atoms with Gasteiger partial charge in [-0.05, 0) is 75.9 Å². The van der Waals surface area contributed by atoms with E-state index in [-0.39, 0.29) is 5.56 Å². The number of nitrogens with zero attached hydrogens (tertiary/aromatic N) is 4. The zero-order chi connectivity index (χ0) is 21.8. The summed E-state index contributed by atoms with van der Waals surface area (Å²) in [4.78, 5) is 19.6. The van der Waals surface area contributed by atoms with Gasteiger partial charge in [-0.2, -0.15) is 9.78 Å². The minimum absolute atomic E-state index is 0.195. The molecule has 1 atom stereocenters. The topological polar surface area (TPSA) is 60.2 Å². The fourth-order valence-electron chi connectivity index (χ4n) is 4.20. The minimum Gasteiger partial charge on any atom is -0.494 e. The van der Waals surface area contributed by atoms with Crippen LogP contribution in [0.2, 0.25) is 0 Å². The molecule has 0 bridgehead atoms. The molecule has 0 amide bonds. The van der Waals surface area contributed by atoms with Crippen LogP contribution in [0.4, 0.5) is 0 Å². The molecule has 162 valence electrons. The van der Waals surface area contributed by atoms with Gasteiger partial charge in [0.05, 0.1) is 12.3 Å². The van der Waals surface area contributed by atoms with Crippen LogP contribution in [0.1, 0.15) is 37.4 Å². The van der Waals surface area contributed by atoms with Crippen LogP contribution in [0.15, 0.2) is 53.5 Å². The fraction of sp³-hybridized carbons (Fsp3) is 0.400. The average molecular weight is 419 g/mol. The minimum atomic E-state index is -0.195. The number of rotatable bonds is 7. The molecule has 1 saturated heterocycles. The van der Waals surface area contributed by atoms with Crippen LogP contribution in [0, 0.1) is 13.8 Å². The van der Waals surface area contributed by atoms with Crippen LogP contribution in [-0.2, 0) is 0 Å². The predicted octanol–water partition coefficient (Wildman–Crippen LogP) is 4.16. The molecular formula is C25H30N4O2. The summed E-state index contributed by atoms with van der Waals surface area (Å²) in [5.74, 6) is 1.41. The molecular weight excluding hydrogens is 388 g/mol. The van der Waals surface area contributed by atoms with E-state index in [9.17, 15) is 4.79 Å². The lowest BCUT2D eigenvalue weighted by atomic mass is 10.1. The van der Waals surface area contributed by atoms with Gasteiger partial charge in [0.25, 0.3) is 5.56 Å². The van der Waals surface area contributed by atoms with Crippen molar-refractivity contribution >= 4 is 0 Å². The van der Waals surface area contributed by atoms with Crippen molar-refractivity contribution in [3.8, 4) is 22.7 Å². The Labute approximate surface area is 183 Å². The van der Waals surface area contributed by atoms with Crippen LogP contribution in [0.5, 0.6) is 5.75 Å². The van der Waals surface area contributed by atoms with E-state index in [0.717, 1.165) is 41.1 Å². The lowest BCUT2D eigenvalue weighted by molar-refractivity contribution is 0.230. The van der Waals surface area contributed by atoms with Gasteiger partial charge in [0, 0.05) is 30.4 Å². The molecule has 6 heteroatoms. The van der Waals surface area contributed by atoms with E-state index in [1.54, 1.807) is 12.3 Å². The average Bonchev–Trinajstić information content (AvgIpc) is 3.18. The smallest absolute Gasteiger partial charge is 0.273 e. The number of pyridine rings is 1. The molecule has 4 rings (SSSR count). The molecule has 0 radical (unpaired) electrons. The summed E-state index contributed by atoms with van der Waals surface area (Å²) in [5.41, 5.74) is 3.26. The molecule has 6 nitrogen and oxygen atoms in total. The van der Waals surface area contributed by atoms with E-state index >= 15 is 0 Å². The predicted molar refractivity (Wildman–Crippen MR) is 123 cm³/mol. The van der Waals surface area contributed by atoms with E-state index in [1.807, 2.05) is 50.2 Å². The van der Waals surface area contributed by atoms with E-state index in [0.29, 0.717) is 18.5 Å². The summed E-state index contributed by atoms with van der Waals surface area (Å²) in [7, 11) is 0. The third kappa shape index (κ3) is 4.85. The Morgan fingerprint density at radius 3 is 2.68 bits per heavy atom. The van der Waals surface area contributed by atoms with E-state index in [4.69, 9.17) is 4.74 Å². The highest BCUT2D eigenvalue weighted by atomic mass is 16.5. The van der Waals surface area contributed by atoms with Crippen molar-refractivity contribution in [1.29, 1.82) is 0 Å². The zero-order valence-electron chi connectivity index (χ0n) is 18.5. The van der Waals surface area contributed by atoms with E-state index in [1.165, 1.54) is 24.1 Å². The van der Waals surface area contributed by atoms with Crippen molar-refractivity contribution in [1.82, 2.24) is 19.7 Å². The highest BCUT2D eigenvalue weighted by Crippen LogP contribution is 2.24. The highest BCUT2D eigenvalue weighted by Gasteiger charge is 2.19. The summed E-state index contributed by atoms with van der Waals surface area (Å²) in [6, 6.07) is 14.0. The molecule has 3 aromatic rings. The van der Waals surface area contributed by atoms with Crippen LogP contribution < -0.4 is 10.3 Å². The van der Waals surface area contributed by atoms with Gasteiger partial charge in [0.2, 0.25) is 0 Å². The Morgan fingerprint density at radius 2 is 1.97 bits per heavy atom. The standard InChI is InChI=1S/C25H30N4O2/c1-18-7-4-13-26-25(18)29-24(30)17-23(20(3)27-29)21-9-11-22(12-10-21)31-16-6-15-28-14-5-8-19(28)2/h4,7,9-13,17,19H,5-6,8,14-16H2,1-3H3. The first kappa shape index (κ1) is 21.2. The van der Waals surface area contributed by atoms with Gasteiger partial charge in [-0.15, -0.1) is 0 Å². The highest BCUT2D eigenvalue weighted by molar-refractivity contribution is 5.66. The second-order valence-electron chi connectivity index (χ2n) is 8.29. The summed E-state index contributed by atoms with van der Waals surface area (Å²) in [6.45, 7) is 9.15. The molecule has 31 heavy (non-hydrogen) atoms. The monoisotopic (exact) mass is 418 g/mol. The number of hydrogen-bond acceptors (Lipinski definition) is 5. The largest absolute Gasteiger partial charge is 0.494 e. The first-order valence-electron chi connectivity index (χ1n) is 11.0. The van der Waals surface area contributed by atoms with Crippen LogP contribution in [-0.4, -0.2) is 45.4 Å². The molecule has 2 aromatic heterocycles. The maximum atomic E-state index is 12.7. The Hall–Kier alpha value is -2.99. The number of likely N-dealkylation sites (tertiary alicyclic amines) is 1. The molecule has 0 saturated carbocycles. The maximum Gasteiger partial charge on any atom is 0.273 e. The zero-order valence-corrected chi connectivity index (χ0v) is 18.5. The Balaban J connectivity index is 1.42. The van der Waals surface area contributed by atoms with Gasteiger partial charge in [0.15, 0.2) is 5.82 Å². The summed E-state index contributed by atoms with van der Waals surface area (Å²) < 4.78 is 7.29. The first-order valence-corrected chi connectivity index (χ1v) is 11.0. The molecule has 3 heterocycles. The van der Waals surface area contributed by atoms with Crippen molar-refractivity contribution in [3.63, 3.8) is 0 Å². The van der Waals surface area contributed by atoms with Crippen molar-refractivity contribution in [2.75, 3.05) is 19.7 Å². The molecule has 0 N–H and O–H groups in total. The molecule has 1 aliphatic rings. The van der Waals surface area contributed by atoms with Gasteiger partial charge < -0.3 is 9.64 Å². The SMILES string of the molecule is Cc1cccnc1-n1nc(C)c(-c2ccc(OCCCN3CCCC3C)cc2)cc1=O. The number of aryl methyl sites for hydroxylation is 2.